The Kier molecular flexibility index (Phi) is 4.40. The Morgan fingerprint density at radius 2 is 1.67 bits per heavy atom. The summed E-state index contributed by atoms with van der Waals surface area (Å²) in [6.07, 6.45) is 0. The Labute approximate surface area is 146 Å². The fraction of sp³-hybridized carbons (Fsp3) is 0.857. The molecule has 138 valence electrons. The van der Waals surface area contributed by atoms with Crippen LogP contribution in [0, 0.1) is 0 Å². The summed E-state index contributed by atoms with van der Waals surface area (Å²) in [6, 6.07) is -1.84. The number of carbonyl (C=O) groups excluding carboxylic acids is 2. The molecule has 0 aliphatic carbocycles. The summed E-state index contributed by atoms with van der Waals surface area (Å²) < 4.78 is 30.1. The van der Waals surface area contributed by atoms with Crippen LogP contribution in [0.1, 0.15) is 13.8 Å². The van der Waals surface area contributed by atoms with E-state index in [1.807, 2.05) is 39.3 Å². The Morgan fingerprint density at radius 1 is 1.17 bits per heavy atom. The predicted octanol–water partition coefficient (Wildman–Crippen LogP) is 0.902. The minimum atomic E-state index is -3.69. The van der Waals surface area contributed by atoms with Crippen molar-refractivity contribution in [3.8, 4) is 0 Å². The maximum Gasteiger partial charge on any atom is 0.317 e. The lowest BCUT2D eigenvalue weighted by molar-refractivity contribution is -0.158. The minimum Gasteiger partial charge on any atom is -0.518 e. The molecular weight excluding hydrogens is 364 g/mol. The highest BCUT2D eigenvalue weighted by Crippen LogP contribution is 2.46. The van der Waals surface area contributed by atoms with E-state index in [-0.39, 0.29) is 5.91 Å². The van der Waals surface area contributed by atoms with Crippen LogP contribution in [0.15, 0.2) is 0 Å². The zero-order valence-corrected chi connectivity index (χ0v) is 18.4. The smallest absolute Gasteiger partial charge is 0.317 e. The number of sulfone groups is 1. The topological polar surface area (TPSA) is 92.8 Å². The van der Waals surface area contributed by atoms with Crippen molar-refractivity contribution in [3.63, 3.8) is 0 Å². The largest absolute Gasteiger partial charge is 0.518 e. The number of nitrogens with one attached hydrogen (secondary N) is 1. The summed E-state index contributed by atoms with van der Waals surface area (Å²) in [5.41, 5.74) is 0. The van der Waals surface area contributed by atoms with Crippen LogP contribution in [0.5, 0.6) is 0 Å². The van der Waals surface area contributed by atoms with Crippen LogP contribution in [0.25, 0.3) is 0 Å². The van der Waals surface area contributed by atoms with E-state index >= 15 is 0 Å². The molecular formula is C14H28N2O5SSi2. The van der Waals surface area contributed by atoms with Crippen molar-refractivity contribution in [3.05, 3.63) is 0 Å². The number of hydrogen-bond donors (Lipinski definition) is 1. The van der Waals surface area contributed by atoms with Crippen LogP contribution in [0.3, 0.4) is 0 Å². The van der Waals surface area contributed by atoms with Gasteiger partial charge < -0.3 is 14.3 Å². The number of carbonyl (C=O) groups is 2. The number of rotatable bonds is 4. The molecule has 1 amide bonds. The fourth-order valence-electron chi connectivity index (χ4n) is 3.25. The third-order valence-corrected chi connectivity index (χ3v) is 9.10. The first-order valence-electron chi connectivity index (χ1n) is 8.07. The third kappa shape index (κ3) is 2.97. The van der Waals surface area contributed by atoms with Crippen molar-refractivity contribution in [1.82, 2.24) is 9.88 Å². The van der Waals surface area contributed by atoms with Crippen molar-refractivity contribution in [1.29, 1.82) is 0 Å². The number of amides is 1. The van der Waals surface area contributed by atoms with Crippen LogP contribution >= 0.6 is 0 Å². The Morgan fingerprint density at radius 3 is 2.08 bits per heavy atom. The second-order valence-electron chi connectivity index (χ2n) is 9.09. The molecule has 7 nitrogen and oxygen atoms in total. The molecule has 0 bridgehead atoms. The molecule has 0 aromatic heterocycles. The van der Waals surface area contributed by atoms with Gasteiger partial charge in [-0.05, 0) is 33.5 Å². The second-order valence-corrected chi connectivity index (χ2v) is 20.9. The predicted molar refractivity (Wildman–Crippen MR) is 97.1 cm³/mol. The maximum atomic E-state index is 13.0. The van der Waals surface area contributed by atoms with Crippen LogP contribution in [-0.4, -0.2) is 64.0 Å². The molecule has 0 aromatic carbocycles. The second kappa shape index (κ2) is 5.39. The van der Waals surface area contributed by atoms with Gasteiger partial charge in [0.15, 0.2) is 15.2 Å². The SMILES string of the molecule is CC1(C)[C@H](C(=O)O[Si](C)(C)C)N2C(=O)[C@@H](N[Si](C)(C)C)[C@H]2S1(=O)=O. The number of nitrogens with zero attached hydrogens (tertiary/aromatic N) is 1. The van der Waals surface area contributed by atoms with E-state index in [0.29, 0.717) is 0 Å². The van der Waals surface area contributed by atoms with E-state index in [1.54, 1.807) is 0 Å². The lowest BCUT2D eigenvalue weighted by Gasteiger charge is -2.45. The molecule has 0 unspecified atom stereocenters. The van der Waals surface area contributed by atoms with Gasteiger partial charge in [-0.1, -0.05) is 19.6 Å². The third-order valence-electron chi connectivity index (χ3n) is 4.29. The van der Waals surface area contributed by atoms with Crippen molar-refractivity contribution in [2.45, 2.75) is 75.3 Å². The van der Waals surface area contributed by atoms with E-state index in [0.717, 1.165) is 0 Å². The number of β-lactam (4-membered cyclic amide) rings is 1. The molecule has 0 saturated carbocycles. The van der Waals surface area contributed by atoms with Crippen molar-refractivity contribution in [2.24, 2.45) is 0 Å². The van der Waals surface area contributed by atoms with E-state index in [4.69, 9.17) is 4.43 Å². The Balaban J connectivity index is 2.41. The van der Waals surface area contributed by atoms with Crippen LogP contribution in [-0.2, 0) is 23.9 Å². The average Bonchev–Trinajstić information content (AvgIpc) is 2.46. The van der Waals surface area contributed by atoms with Crippen LogP contribution < -0.4 is 4.98 Å². The van der Waals surface area contributed by atoms with Gasteiger partial charge in [-0.2, -0.15) is 0 Å². The fourth-order valence-corrected chi connectivity index (χ4v) is 7.51. The van der Waals surface area contributed by atoms with Gasteiger partial charge in [0.2, 0.25) is 14.2 Å². The van der Waals surface area contributed by atoms with Gasteiger partial charge in [-0.25, -0.2) is 8.42 Å². The summed E-state index contributed by atoms with van der Waals surface area (Å²) in [4.78, 5) is 29.7. The normalized spacial score (nSPS) is 31.4. The summed E-state index contributed by atoms with van der Waals surface area (Å²) >= 11 is 0. The molecule has 0 aromatic rings. The molecule has 2 fully saturated rings. The Bertz CT molecular complexity index is 678. The molecule has 2 heterocycles. The first-order valence-corrected chi connectivity index (χ1v) is 16.5. The first-order chi connectivity index (χ1) is 10.5. The molecule has 3 atom stereocenters. The summed E-state index contributed by atoms with van der Waals surface area (Å²) in [6.45, 7) is 14.6. The van der Waals surface area contributed by atoms with Crippen LogP contribution in [0.4, 0.5) is 0 Å². The Hall–Kier alpha value is -0.716. The van der Waals surface area contributed by atoms with E-state index in [2.05, 4.69) is 4.98 Å². The highest BCUT2D eigenvalue weighted by Gasteiger charge is 2.72. The quantitative estimate of drug-likeness (QED) is 0.564. The van der Waals surface area contributed by atoms with Gasteiger partial charge in [0.1, 0.15) is 20.3 Å². The van der Waals surface area contributed by atoms with Gasteiger partial charge in [0.25, 0.3) is 0 Å². The van der Waals surface area contributed by atoms with Gasteiger partial charge in [-0.15, -0.1) is 0 Å². The highest BCUT2D eigenvalue weighted by molar-refractivity contribution is 7.94. The monoisotopic (exact) mass is 392 g/mol. The standard InChI is InChI=1S/C14H28N2O5SSi2/c1-14(2)10(13(18)21-24(6,7)8)16-11(17)9(15-23(3,4)5)12(16)22(14,19)20/h9-10,12,15H,1-8H3/t9-,10+,12-/m1/s1. The molecule has 2 aliphatic rings. The molecule has 10 heteroatoms. The minimum absolute atomic E-state index is 0.325. The lowest BCUT2D eigenvalue weighted by Crippen LogP contribution is -2.74. The van der Waals surface area contributed by atoms with E-state index in [1.165, 1.54) is 18.7 Å². The van der Waals surface area contributed by atoms with Gasteiger partial charge in [0.05, 0.1) is 4.75 Å². The molecule has 24 heavy (non-hydrogen) atoms. The summed E-state index contributed by atoms with van der Waals surface area (Å²) in [5.74, 6) is -0.931. The van der Waals surface area contributed by atoms with Gasteiger partial charge >= 0.3 is 5.97 Å². The molecule has 1 N–H and O–H groups in total. The molecule has 2 saturated heterocycles. The molecule has 0 spiro atoms. The van der Waals surface area contributed by atoms with Crippen molar-refractivity contribution < 1.29 is 22.4 Å². The van der Waals surface area contributed by atoms with E-state index in [9.17, 15) is 18.0 Å². The zero-order chi connectivity index (χ0) is 18.9. The van der Waals surface area contributed by atoms with Crippen LogP contribution in [0.2, 0.25) is 39.3 Å². The maximum absolute atomic E-state index is 13.0. The highest BCUT2D eigenvalue weighted by atomic mass is 32.2. The number of fused-ring (bicyclic) bond motifs is 1. The van der Waals surface area contributed by atoms with Crippen molar-refractivity contribution in [2.75, 3.05) is 0 Å². The molecule has 0 radical (unpaired) electrons. The zero-order valence-electron chi connectivity index (χ0n) is 15.6. The lowest BCUT2D eigenvalue weighted by atomic mass is 9.96. The van der Waals surface area contributed by atoms with Crippen molar-refractivity contribution >= 4 is 38.3 Å². The molecule has 2 rings (SSSR count). The van der Waals surface area contributed by atoms with E-state index < -0.39 is 54.6 Å². The van der Waals surface area contributed by atoms with Gasteiger partial charge in [-0.3, -0.25) is 9.59 Å². The molecule has 2 aliphatic heterocycles. The summed E-state index contributed by atoms with van der Waals surface area (Å²) in [5, 5.41) is -0.981. The van der Waals surface area contributed by atoms with Gasteiger partial charge in [0, 0.05) is 0 Å². The summed E-state index contributed by atoms with van der Waals surface area (Å²) in [7, 11) is -7.74. The number of hydrogen-bond acceptors (Lipinski definition) is 6. The average molecular weight is 393 g/mol. The first kappa shape index (κ1) is 19.6.